The molecule has 0 fully saturated rings. The summed E-state index contributed by atoms with van der Waals surface area (Å²) in [5.74, 6) is 1.55. The van der Waals surface area contributed by atoms with Crippen molar-refractivity contribution in [1.29, 1.82) is 0 Å². The van der Waals surface area contributed by atoms with E-state index in [-0.39, 0.29) is 6.04 Å². The first-order valence-electron chi connectivity index (χ1n) is 6.93. The van der Waals surface area contributed by atoms with Crippen molar-refractivity contribution < 1.29 is 4.74 Å². The number of aromatic nitrogens is 1. The van der Waals surface area contributed by atoms with E-state index in [0.717, 1.165) is 30.1 Å². The second kappa shape index (κ2) is 7.50. The van der Waals surface area contributed by atoms with Crippen LogP contribution in [0.5, 0.6) is 5.75 Å². The highest BCUT2D eigenvalue weighted by molar-refractivity contribution is 5.49. The fourth-order valence-electron chi connectivity index (χ4n) is 2.01. The molecule has 0 amide bonds. The molecule has 2 rings (SSSR count). The predicted molar refractivity (Wildman–Crippen MR) is 81.9 cm³/mol. The Morgan fingerprint density at radius 2 is 2.00 bits per heavy atom. The van der Waals surface area contributed by atoms with E-state index in [9.17, 15) is 0 Å². The van der Waals surface area contributed by atoms with Crippen LogP contribution in [-0.4, -0.2) is 18.1 Å². The summed E-state index contributed by atoms with van der Waals surface area (Å²) in [7, 11) is 0. The highest BCUT2D eigenvalue weighted by atomic mass is 16.5. The molecule has 1 heterocycles. The van der Waals surface area contributed by atoms with Crippen LogP contribution in [0.2, 0.25) is 0 Å². The number of hydrogen-bond acceptors (Lipinski definition) is 4. The van der Waals surface area contributed by atoms with Gasteiger partial charge in [-0.25, -0.2) is 4.98 Å². The first-order valence-corrected chi connectivity index (χ1v) is 6.93. The zero-order chi connectivity index (χ0) is 14.2. The number of ether oxygens (including phenoxy) is 1. The molecule has 0 aliphatic rings. The average molecular weight is 271 g/mol. The Balaban J connectivity index is 1.87. The molecule has 20 heavy (non-hydrogen) atoms. The molecular weight excluding hydrogens is 250 g/mol. The van der Waals surface area contributed by atoms with Gasteiger partial charge in [-0.05, 0) is 31.0 Å². The van der Waals surface area contributed by atoms with Gasteiger partial charge in [-0.2, -0.15) is 0 Å². The number of nitrogens with zero attached hydrogens (tertiary/aromatic N) is 1. The van der Waals surface area contributed by atoms with Crippen LogP contribution in [-0.2, 0) is 0 Å². The van der Waals surface area contributed by atoms with Crippen molar-refractivity contribution in [2.45, 2.75) is 19.4 Å². The summed E-state index contributed by atoms with van der Waals surface area (Å²) in [6.07, 6.45) is 2.59. The molecule has 0 spiro atoms. The van der Waals surface area contributed by atoms with Crippen molar-refractivity contribution in [3.63, 3.8) is 0 Å². The molecule has 1 aromatic carbocycles. The summed E-state index contributed by atoms with van der Waals surface area (Å²) in [5.41, 5.74) is 7.32. The van der Waals surface area contributed by atoms with Crippen LogP contribution in [0.15, 0.2) is 48.7 Å². The highest BCUT2D eigenvalue weighted by Crippen LogP contribution is 2.21. The Kier molecular flexibility index (Phi) is 5.38. The first-order chi connectivity index (χ1) is 9.81. The number of pyridine rings is 1. The SMILES string of the molecule is CCOc1cccnc1NCCC(N)c1ccccc1. The fraction of sp³-hybridized carbons (Fsp3) is 0.312. The van der Waals surface area contributed by atoms with E-state index in [2.05, 4.69) is 22.4 Å². The molecule has 0 aliphatic carbocycles. The van der Waals surface area contributed by atoms with Gasteiger partial charge in [-0.15, -0.1) is 0 Å². The van der Waals surface area contributed by atoms with Gasteiger partial charge >= 0.3 is 0 Å². The van der Waals surface area contributed by atoms with Crippen LogP contribution in [0.3, 0.4) is 0 Å². The largest absolute Gasteiger partial charge is 0.490 e. The van der Waals surface area contributed by atoms with Crippen molar-refractivity contribution in [2.75, 3.05) is 18.5 Å². The van der Waals surface area contributed by atoms with Gasteiger partial charge in [-0.1, -0.05) is 30.3 Å². The Morgan fingerprint density at radius 3 is 2.75 bits per heavy atom. The zero-order valence-electron chi connectivity index (χ0n) is 11.8. The molecule has 1 unspecified atom stereocenters. The zero-order valence-corrected chi connectivity index (χ0v) is 11.8. The minimum atomic E-state index is 0.0305. The van der Waals surface area contributed by atoms with Gasteiger partial charge in [0.05, 0.1) is 6.61 Å². The molecule has 1 atom stereocenters. The average Bonchev–Trinajstić information content (AvgIpc) is 2.50. The maximum absolute atomic E-state index is 6.16. The van der Waals surface area contributed by atoms with Crippen LogP contribution in [0, 0.1) is 0 Å². The van der Waals surface area contributed by atoms with Gasteiger partial charge in [0, 0.05) is 18.8 Å². The summed E-state index contributed by atoms with van der Waals surface area (Å²) in [6.45, 7) is 3.35. The third-order valence-electron chi connectivity index (χ3n) is 3.05. The number of anilines is 1. The van der Waals surface area contributed by atoms with E-state index >= 15 is 0 Å². The number of rotatable bonds is 7. The molecule has 4 nitrogen and oxygen atoms in total. The van der Waals surface area contributed by atoms with Crippen molar-refractivity contribution in [2.24, 2.45) is 5.73 Å². The normalized spacial score (nSPS) is 11.9. The minimum absolute atomic E-state index is 0.0305. The molecule has 4 heteroatoms. The number of nitrogens with two attached hydrogens (primary N) is 1. The summed E-state index contributed by atoms with van der Waals surface area (Å²) in [6, 6.07) is 13.9. The van der Waals surface area contributed by atoms with E-state index in [0.29, 0.717) is 6.61 Å². The van der Waals surface area contributed by atoms with E-state index < -0.39 is 0 Å². The van der Waals surface area contributed by atoms with Crippen molar-refractivity contribution in [1.82, 2.24) is 4.98 Å². The third kappa shape index (κ3) is 3.96. The van der Waals surface area contributed by atoms with Gasteiger partial charge in [-0.3, -0.25) is 0 Å². The van der Waals surface area contributed by atoms with Crippen molar-refractivity contribution >= 4 is 5.82 Å². The van der Waals surface area contributed by atoms with E-state index in [1.807, 2.05) is 37.3 Å². The lowest BCUT2D eigenvalue weighted by atomic mass is 10.1. The van der Waals surface area contributed by atoms with Crippen molar-refractivity contribution in [3.05, 3.63) is 54.2 Å². The molecular formula is C16H21N3O. The monoisotopic (exact) mass is 271 g/mol. The molecule has 106 valence electrons. The Bertz CT molecular complexity index is 516. The van der Waals surface area contributed by atoms with Gasteiger partial charge in [0.15, 0.2) is 11.6 Å². The molecule has 0 saturated heterocycles. The van der Waals surface area contributed by atoms with Crippen LogP contribution >= 0.6 is 0 Å². The molecule has 1 aromatic heterocycles. The second-order valence-corrected chi connectivity index (χ2v) is 4.52. The molecule has 0 radical (unpaired) electrons. The second-order valence-electron chi connectivity index (χ2n) is 4.52. The molecule has 0 bridgehead atoms. The van der Waals surface area contributed by atoms with Gasteiger partial charge in [0.25, 0.3) is 0 Å². The lowest BCUT2D eigenvalue weighted by Crippen LogP contribution is -2.16. The Hall–Kier alpha value is -2.07. The molecule has 0 saturated carbocycles. The van der Waals surface area contributed by atoms with Crippen LogP contribution in [0.4, 0.5) is 5.82 Å². The smallest absolute Gasteiger partial charge is 0.168 e. The predicted octanol–water partition coefficient (Wildman–Crippen LogP) is 2.98. The molecule has 0 aliphatic heterocycles. The van der Waals surface area contributed by atoms with E-state index in [1.165, 1.54) is 0 Å². The number of nitrogens with one attached hydrogen (secondary N) is 1. The van der Waals surface area contributed by atoms with Crippen LogP contribution in [0.25, 0.3) is 0 Å². The third-order valence-corrected chi connectivity index (χ3v) is 3.05. The maximum Gasteiger partial charge on any atom is 0.168 e. The van der Waals surface area contributed by atoms with Crippen LogP contribution in [0.1, 0.15) is 24.9 Å². The van der Waals surface area contributed by atoms with E-state index in [4.69, 9.17) is 10.5 Å². The Morgan fingerprint density at radius 1 is 1.20 bits per heavy atom. The van der Waals surface area contributed by atoms with Gasteiger partial charge in [0.2, 0.25) is 0 Å². The summed E-state index contributed by atoms with van der Waals surface area (Å²) in [5, 5.41) is 3.28. The minimum Gasteiger partial charge on any atom is -0.490 e. The standard InChI is InChI=1S/C16H21N3O/c1-2-20-15-9-6-11-18-16(15)19-12-10-14(17)13-7-4-3-5-8-13/h3-9,11,14H,2,10,12,17H2,1H3,(H,18,19). The van der Waals surface area contributed by atoms with Gasteiger partial charge < -0.3 is 15.8 Å². The number of hydrogen-bond donors (Lipinski definition) is 2. The maximum atomic E-state index is 6.16. The topological polar surface area (TPSA) is 60.2 Å². The van der Waals surface area contributed by atoms with E-state index in [1.54, 1.807) is 6.20 Å². The molecule has 2 aromatic rings. The van der Waals surface area contributed by atoms with Crippen LogP contribution < -0.4 is 15.8 Å². The van der Waals surface area contributed by atoms with Crippen molar-refractivity contribution in [3.8, 4) is 5.75 Å². The highest BCUT2D eigenvalue weighted by Gasteiger charge is 2.07. The lowest BCUT2D eigenvalue weighted by Gasteiger charge is -2.14. The molecule has 3 N–H and O–H groups in total. The summed E-state index contributed by atoms with van der Waals surface area (Å²) < 4.78 is 5.52. The Labute approximate surface area is 120 Å². The lowest BCUT2D eigenvalue weighted by molar-refractivity contribution is 0.340. The van der Waals surface area contributed by atoms with Gasteiger partial charge in [0.1, 0.15) is 0 Å². The quantitative estimate of drug-likeness (QED) is 0.812. The number of benzene rings is 1. The summed E-state index contributed by atoms with van der Waals surface area (Å²) in [4.78, 5) is 4.29. The fourth-order valence-corrected chi connectivity index (χ4v) is 2.01. The summed E-state index contributed by atoms with van der Waals surface area (Å²) >= 11 is 0. The first kappa shape index (κ1) is 14.3.